The first-order valence-corrected chi connectivity index (χ1v) is 7.10. The van der Waals surface area contributed by atoms with Crippen LogP contribution >= 0.6 is 22.9 Å². The van der Waals surface area contributed by atoms with E-state index in [9.17, 15) is 9.59 Å². The third-order valence-electron chi connectivity index (χ3n) is 3.52. The average Bonchev–Trinajstić information content (AvgIpc) is 2.84. The first-order chi connectivity index (χ1) is 8.53. The van der Waals surface area contributed by atoms with E-state index in [0.29, 0.717) is 23.7 Å². The molecule has 98 valence electrons. The summed E-state index contributed by atoms with van der Waals surface area (Å²) in [5.74, 6) is -0.194. The Morgan fingerprint density at radius 3 is 2.50 bits per heavy atom. The predicted molar refractivity (Wildman–Crippen MR) is 71.7 cm³/mol. The van der Waals surface area contributed by atoms with Crippen molar-refractivity contribution in [1.29, 1.82) is 0 Å². The van der Waals surface area contributed by atoms with E-state index < -0.39 is 5.54 Å². The molecule has 1 saturated heterocycles. The Labute approximate surface area is 115 Å². The third-order valence-corrected chi connectivity index (χ3v) is 4.73. The minimum absolute atomic E-state index is 0.194. The van der Waals surface area contributed by atoms with Crippen molar-refractivity contribution in [2.24, 2.45) is 0 Å². The van der Waals surface area contributed by atoms with Gasteiger partial charge in [0, 0.05) is 4.88 Å². The van der Waals surface area contributed by atoms with Gasteiger partial charge in [-0.05, 0) is 25.0 Å². The molecule has 1 aromatic heterocycles. The van der Waals surface area contributed by atoms with Gasteiger partial charge in [0.1, 0.15) is 5.54 Å². The molecule has 0 spiro atoms. The summed E-state index contributed by atoms with van der Waals surface area (Å²) in [5, 5.41) is 2.41. The van der Waals surface area contributed by atoms with Gasteiger partial charge in [-0.25, -0.2) is 4.79 Å². The monoisotopic (exact) mass is 286 g/mol. The first-order valence-electron chi connectivity index (χ1n) is 5.90. The normalized spacial score (nSPS) is 18.3. The number of rotatable bonds is 4. The number of hydrogen-bond donors (Lipinski definition) is 1. The summed E-state index contributed by atoms with van der Waals surface area (Å²) in [6, 6.07) is 3.38. The Bertz CT molecular complexity index is 482. The van der Waals surface area contributed by atoms with Crippen LogP contribution in [-0.2, 0) is 11.3 Å². The molecule has 2 rings (SSSR count). The van der Waals surface area contributed by atoms with Crippen molar-refractivity contribution < 1.29 is 9.59 Å². The Hall–Kier alpha value is -1.07. The molecule has 1 aliphatic heterocycles. The van der Waals surface area contributed by atoms with Gasteiger partial charge in [0.15, 0.2) is 0 Å². The van der Waals surface area contributed by atoms with E-state index in [-0.39, 0.29) is 11.9 Å². The second kappa shape index (κ2) is 4.90. The maximum atomic E-state index is 12.0. The van der Waals surface area contributed by atoms with Gasteiger partial charge in [0.25, 0.3) is 5.91 Å². The second-order valence-corrected chi connectivity index (χ2v) is 6.09. The van der Waals surface area contributed by atoms with Crippen LogP contribution in [0.5, 0.6) is 0 Å². The van der Waals surface area contributed by atoms with Gasteiger partial charge in [-0.3, -0.25) is 10.1 Å². The van der Waals surface area contributed by atoms with Crippen molar-refractivity contribution in [2.45, 2.75) is 38.8 Å². The molecule has 4 nitrogen and oxygen atoms in total. The summed E-state index contributed by atoms with van der Waals surface area (Å²) in [6.07, 6.45) is 1.22. The van der Waals surface area contributed by atoms with Crippen LogP contribution in [0.4, 0.5) is 4.79 Å². The fraction of sp³-hybridized carbons (Fsp3) is 0.500. The van der Waals surface area contributed by atoms with Gasteiger partial charge in [0.05, 0.1) is 10.9 Å². The number of carbonyl (C=O) groups excluding carboxylic acids is 2. The zero-order valence-corrected chi connectivity index (χ0v) is 11.9. The summed E-state index contributed by atoms with van der Waals surface area (Å²) in [6.45, 7) is 4.28. The fourth-order valence-corrected chi connectivity index (χ4v) is 3.44. The molecule has 0 aromatic carbocycles. The highest BCUT2D eigenvalue weighted by Crippen LogP contribution is 2.32. The SMILES string of the molecule is CCC1(CC)C(=O)NC(=O)N1Cc1ccc(Cl)s1. The van der Waals surface area contributed by atoms with Crippen molar-refractivity contribution in [3.63, 3.8) is 0 Å². The van der Waals surface area contributed by atoms with E-state index >= 15 is 0 Å². The quantitative estimate of drug-likeness (QED) is 0.865. The Morgan fingerprint density at radius 1 is 1.33 bits per heavy atom. The topological polar surface area (TPSA) is 49.4 Å². The van der Waals surface area contributed by atoms with E-state index in [1.807, 2.05) is 19.9 Å². The summed E-state index contributed by atoms with van der Waals surface area (Å²) >= 11 is 7.31. The van der Waals surface area contributed by atoms with E-state index in [1.165, 1.54) is 11.3 Å². The Kier molecular flexibility index (Phi) is 3.64. The molecule has 0 atom stereocenters. The highest BCUT2D eigenvalue weighted by Gasteiger charge is 2.50. The van der Waals surface area contributed by atoms with E-state index in [0.717, 1.165) is 4.88 Å². The van der Waals surface area contributed by atoms with Gasteiger partial charge in [0.2, 0.25) is 0 Å². The van der Waals surface area contributed by atoms with Crippen LogP contribution in [0, 0.1) is 0 Å². The number of amides is 3. The van der Waals surface area contributed by atoms with Gasteiger partial charge in [-0.2, -0.15) is 0 Å². The summed E-state index contributed by atoms with van der Waals surface area (Å²) in [5.41, 5.74) is -0.715. The van der Waals surface area contributed by atoms with Crippen molar-refractivity contribution in [2.75, 3.05) is 0 Å². The molecule has 1 fully saturated rings. The molecule has 0 bridgehead atoms. The second-order valence-electron chi connectivity index (χ2n) is 4.29. The number of halogens is 1. The fourth-order valence-electron chi connectivity index (χ4n) is 2.37. The van der Waals surface area contributed by atoms with Crippen LogP contribution in [0.15, 0.2) is 12.1 Å². The molecule has 6 heteroatoms. The molecule has 3 amide bonds. The van der Waals surface area contributed by atoms with Crippen molar-refractivity contribution in [1.82, 2.24) is 10.2 Å². The molecular weight excluding hydrogens is 272 g/mol. The smallest absolute Gasteiger partial charge is 0.305 e. The van der Waals surface area contributed by atoms with Gasteiger partial charge >= 0.3 is 6.03 Å². The van der Waals surface area contributed by atoms with Gasteiger partial charge in [-0.15, -0.1) is 11.3 Å². The van der Waals surface area contributed by atoms with Crippen LogP contribution < -0.4 is 5.32 Å². The molecule has 1 N–H and O–H groups in total. The highest BCUT2D eigenvalue weighted by atomic mass is 35.5. The van der Waals surface area contributed by atoms with Gasteiger partial charge in [-0.1, -0.05) is 25.4 Å². The summed E-state index contributed by atoms with van der Waals surface area (Å²) < 4.78 is 0.689. The minimum atomic E-state index is -0.715. The zero-order chi connectivity index (χ0) is 13.3. The van der Waals surface area contributed by atoms with Crippen molar-refractivity contribution in [3.8, 4) is 0 Å². The van der Waals surface area contributed by atoms with E-state index in [1.54, 1.807) is 11.0 Å². The number of imide groups is 1. The molecule has 18 heavy (non-hydrogen) atoms. The lowest BCUT2D eigenvalue weighted by Gasteiger charge is -2.33. The number of hydrogen-bond acceptors (Lipinski definition) is 3. The predicted octanol–water partition coefficient (Wildman–Crippen LogP) is 3.01. The van der Waals surface area contributed by atoms with E-state index in [2.05, 4.69) is 5.32 Å². The zero-order valence-electron chi connectivity index (χ0n) is 10.3. The molecule has 0 aliphatic carbocycles. The Morgan fingerprint density at radius 2 is 2.00 bits per heavy atom. The summed E-state index contributed by atoms with van der Waals surface area (Å²) in [4.78, 5) is 26.5. The van der Waals surface area contributed by atoms with Crippen LogP contribution in [-0.4, -0.2) is 22.4 Å². The lowest BCUT2D eigenvalue weighted by molar-refractivity contribution is -0.127. The standard InChI is InChI=1S/C12H15ClN2O2S/c1-3-12(4-2)10(16)14-11(17)15(12)7-8-5-6-9(13)18-8/h5-6H,3-4,7H2,1-2H3,(H,14,16,17). The third kappa shape index (κ3) is 2.01. The van der Waals surface area contributed by atoms with Crippen LogP contribution in [0.3, 0.4) is 0 Å². The number of carbonyl (C=O) groups is 2. The number of nitrogens with zero attached hydrogens (tertiary/aromatic N) is 1. The molecule has 1 aromatic rings. The number of urea groups is 1. The molecular formula is C12H15ClN2O2S. The molecule has 1 aliphatic rings. The van der Waals surface area contributed by atoms with E-state index in [4.69, 9.17) is 11.6 Å². The summed E-state index contributed by atoms with van der Waals surface area (Å²) in [7, 11) is 0. The maximum absolute atomic E-state index is 12.0. The van der Waals surface area contributed by atoms with Crippen LogP contribution in [0.1, 0.15) is 31.6 Å². The number of thiophene rings is 1. The van der Waals surface area contributed by atoms with Crippen molar-refractivity contribution in [3.05, 3.63) is 21.3 Å². The highest BCUT2D eigenvalue weighted by molar-refractivity contribution is 7.16. The minimum Gasteiger partial charge on any atom is -0.305 e. The van der Waals surface area contributed by atoms with Crippen LogP contribution in [0.2, 0.25) is 4.34 Å². The largest absolute Gasteiger partial charge is 0.325 e. The lowest BCUT2D eigenvalue weighted by Crippen LogP contribution is -2.48. The molecule has 0 unspecified atom stereocenters. The van der Waals surface area contributed by atoms with Crippen LogP contribution in [0.25, 0.3) is 0 Å². The lowest BCUT2D eigenvalue weighted by atomic mass is 9.91. The molecule has 0 saturated carbocycles. The first kappa shape index (κ1) is 13.4. The molecule has 2 heterocycles. The number of nitrogens with one attached hydrogen (secondary N) is 1. The maximum Gasteiger partial charge on any atom is 0.325 e. The van der Waals surface area contributed by atoms with Gasteiger partial charge < -0.3 is 4.90 Å². The average molecular weight is 287 g/mol. The molecule has 0 radical (unpaired) electrons. The Balaban J connectivity index is 2.29. The van der Waals surface area contributed by atoms with Crippen molar-refractivity contribution >= 4 is 34.9 Å².